The topological polar surface area (TPSA) is 49.4 Å². The monoisotopic (exact) mass is 452 g/mol. The number of rotatable bonds is 7. The number of amides is 2. The van der Waals surface area contributed by atoms with Gasteiger partial charge in [-0.25, -0.2) is 4.39 Å². The average Bonchev–Trinajstić information content (AvgIpc) is 2.64. The van der Waals surface area contributed by atoms with E-state index < -0.39 is 11.6 Å². The summed E-state index contributed by atoms with van der Waals surface area (Å²) in [5.41, 5.74) is 0.788. The minimum Gasteiger partial charge on any atom is -0.350 e. The fourth-order valence-corrected chi connectivity index (χ4v) is 3.62. The van der Waals surface area contributed by atoms with Crippen molar-refractivity contribution in [1.82, 2.24) is 10.2 Å². The third-order valence-electron chi connectivity index (χ3n) is 4.54. The molecule has 0 aliphatic heterocycles. The van der Waals surface area contributed by atoms with Crippen LogP contribution in [-0.4, -0.2) is 28.3 Å². The summed E-state index contributed by atoms with van der Waals surface area (Å²) in [7, 11) is 0. The maximum Gasteiger partial charge on any atom is 0.243 e. The predicted octanol–water partition coefficient (Wildman–Crippen LogP) is 5.40. The quantitative estimate of drug-likeness (QED) is 0.611. The lowest BCUT2D eigenvalue weighted by molar-refractivity contribution is -0.141. The molecule has 2 amide bonds. The molecule has 0 aliphatic rings. The van der Waals surface area contributed by atoms with E-state index >= 15 is 0 Å². The van der Waals surface area contributed by atoms with Gasteiger partial charge in [0.25, 0.3) is 0 Å². The van der Waals surface area contributed by atoms with Crippen LogP contribution < -0.4 is 5.32 Å². The lowest BCUT2D eigenvalue weighted by Gasteiger charge is -2.33. The number of hydrogen-bond acceptors (Lipinski definition) is 2. The van der Waals surface area contributed by atoms with E-state index in [0.29, 0.717) is 27.6 Å². The maximum absolute atomic E-state index is 13.3. The number of hydrogen-bond donors (Lipinski definition) is 1. The molecule has 4 nitrogen and oxygen atoms in total. The summed E-state index contributed by atoms with van der Waals surface area (Å²) in [5, 5.41) is 3.79. The molecule has 0 saturated heterocycles. The van der Waals surface area contributed by atoms with E-state index in [-0.39, 0.29) is 30.6 Å². The van der Waals surface area contributed by atoms with E-state index in [1.165, 1.54) is 17.0 Å². The second-order valence-electron chi connectivity index (χ2n) is 8.19. The molecule has 0 fully saturated rings. The van der Waals surface area contributed by atoms with E-state index in [4.69, 9.17) is 23.2 Å². The van der Waals surface area contributed by atoms with Crippen molar-refractivity contribution >= 4 is 35.0 Å². The summed E-state index contributed by atoms with van der Waals surface area (Å²) in [6.07, 6.45) is 0.445. The molecule has 0 radical (unpaired) electrons. The van der Waals surface area contributed by atoms with E-state index in [0.717, 1.165) is 0 Å². The zero-order valence-corrected chi connectivity index (χ0v) is 19.1. The molecule has 30 heavy (non-hydrogen) atoms. The van der Waals surface area contributed by atoms with Crippen LogP contribution in [0.4, 0.5) is 4.39 Å². The summed E-state index contributed by atoms with van der Waals surface area (Å²) >= 11 is 12.7. The molecular formula is C23H27Cl2FN2O2. The Morgan fingerprint density at radius 2 is 1.63 bits per heavy atom. The van der Waals surface area contributed by atoms with Crippen LogP contribution in [0.3, 0.4) is 0 Å². The Morgan fingerprint density at radius 1 is 1.07 bits per heavy atom. The van der Waals surface area contributed by atoms with Crippen LogP contribution >= 0.6 is 23.2 Å². The van der Waals surface area contributed by atoms with E-state index in [1.807, 2.05) is 27.7 Å². The average molecular weight is 453 g/mol. The molecule has 2 rings (SSSR count). The van der Waals surface area contributed by atoms with Crippen LogP contribution in [-0.2, 0) is 22.6 Å². The molecule has 7 heteroatoms. The van der Waals surface area contributed by atoms with Crippen LogP contribution in [0, 0.1) is 5.82 Å². The van der Waals surface area contributed by atoms with Gasteiger partial charge >= 0.3 is 0 Å². The fraction of sp³-hybridized carbons (Fsp3) is 0.391. The summed E-state index contributed by atoms with van der Waals surface area (Å²) < 4.78 is 13.2. The molecule has 1 atom stereocenters. The van der Waals surface area contributed by atoms with Gasteiger partial charge in [-0.1, -0.05) is 48.3 Å². The number of carbonyl (C=O) groups is 2. The lowest BCUT2D eigenvalue weighted by atomic mass is 10.0. The van der Waals surface area contributed by atoms with Crippen molar-refractivity contribution in [3.05, 3.63) is 69.5 Å². The molecular weight excluding hydrogens is 426 g/mol. The minimum atomic E-state index is -0.704. The number of nitrogens with one attached hydrogen (secondary N) is 1. The Balaban J connectivity index is 2.38. The van der Waals surface area contributed by atoms with Crippen molar-refractivity contribution < 1.29 is 14.0 Å². The Hall–Kier alpha value is -2.11. The molecule has 0 bridgehead atoms. The highest BCUT2D eigenvalue weighted by Crippen LogP contribution is 2.27. The van der Waals surface area contributed by atoms with Crippen molar-refractivity contribution in [2.45, 2.75) is 58.7 Å². The van der Waals surface area contributed by atoms with Gasteiger partial charge in [0.2, 0.25) is 11.8 Å². The third kappa shape index (κ3) is 6.71. The summed E-state index contributed by atoms with van der Waals surface area (Å²) in [6, 6.07) is 10.1. The van der Waals surface area contributed by atoms with Gasteiger partial charge in [-0.05, 0) is 57.0 Å². The molecule has 0 heterocycles. The molecule has 0 spiro atoms. The Kier molecular flexibility index (Phi) is 8.27. The molecule has 2 aromatic carbocycles. The van der Waals surface area contributed by atoms with E-state index in [1.54, 1.807) is 30.3 Å². The van der Waals surface area contributed by atoms with Crippen molar-refractivity contribution in [3.63, 3.8) is 0 Å². The van der Waals surface area contributed by atoms with Crippen molar-refractivity contribution in [3.8, 4) is 0 Å². The van der Waals surface area contributed by atoms with Crippen molar-refractivity contribution in [2.75, 3.05) is 0 Å². The number of benzene rings is 2. The zero-order valence-electron chi connectivity index (χ0n) is 17.6. The largest absolute Gasteiger partial charge is 0.350 e. The first-order chi connectivity index (χ1) is 14.0. The van der Waals surface area contributed by atoms with Crippen molar-refractivity contribution in [2.24, 2.45) is 0 Å². The second-order valence-corrected chi connectivity index (χ2v) is 9.00. The molecule has 0 saturated carbocycles. The van der Waals surface area contributed by atoms with Gasteiger partial charge in [0.15, 0.2) is 0 Å². The minimum absolute atomic E-state index is 0.0294. The van der Waals surface area contributed by atoms with E-state index in [2.05, 4.69) is 5.32 Å². The first kappa shape index (κ1) is 24.2. The third-order valence-corrected chi connectivity index (χ3v) is 5.25. The molecule has 0 unspecified atom stereocenters. The highest BCUT2D eigenvalue weighted by molar-refractivity contribution is 6.36. The highest BCUT2D eigenvalue weighted by atomic mass is 35.5. The normalized spacial score (nSPS) is 12.4. The summed E-state index contributed by atoms with van der Waals surface area (Å²) in [6.45, 7) is 7.58. The van der Waals surface area contributed by atoms with Gasteiger partial charge < -0.3 is 10.2 Å². The SMILES string of the molecule is CC[C@@H](C(=O)NC(C)(C)C)N(Cc1c(Cl)cccc1Cl)C(=O)Cc1ccc(F)cc1. The van der Waals surface area contributed by atoms with Gasteiger partial charge in [0.05, 0.1) is 6.42 Å². The number of halogens is 3. The van der Waals surface area contributed by atoms with Gasteiger partial charge in [-0.2, -0.15) is 0 Å². The summed E-state index contributed by atoms with van der Waals surface area (Å²) in [4.78, 5) is 27.7. The van der Waals surface area contributed by atoms with Crippen LogP contribution in [0.1, 0.15) is 45.2 Å². The smallest absolute Gasteiger partial charge is 0.243 e. The molecule has 0 aromatic heterocycles. The van der Waals surface area contributed by atoms with Crippen LogP contribution in [0.5, 0.6) is 0 Å². The molecule has 2 aromatic rings. The van der Waals surface area contributed by atoms with Gasteiger partial charge in [0, 0.05) is 27.7 Å². The van der Waals surface area contributed by atoms with Crippen LogP contribution in [0.25, 0.3) is 0 Å². The second kappa shape index (κ2) is 10.3. The Morgan fingerprint density at radius 3 is 2.13 bits per heavy atom. The van der Waals surface area contributed by atoms with Gasteiger partial charge in [-0.15, -0.1) is 0 Å². The number of nitrogens with zero attached hydrogens (tertiary/aromatic N) is 1. The predicted molar refractivity (Wildman–Crippen MR) is 119 cm³/mol. The Labute approximate surface area is 187 Å². The van der Waals surface area contributed by atoms with E-state index in [9.17, 15) is 14.0 Å². The summed E-state index contributed by atoms with van der Waals surface area (Å²) in [5.74, 6) is -0.893. The standard InChI is InChI=1S/C23H27Cl2FN2O2/c1-5-20(22(30)27-23(2,3)4)28(14-17-18(24)7-6-8-19(17)25)21(29)13-15-9-11-16(26)12-10-15/h6-12,20H,5,13-14H2,1-4H3,(H,27,30)/t20-/m0/s1. The van der Waals surface area contributed by atoms with Crippen LogP contribution in [0.2, 0.25) is 10.0 Å². The maximum atomic E-state index is 13.3. The number of carbonyl (C=O) groups excluding carboxylic acids is 2. The Bertz CT molecular complexity index is 875. The first-order valence-corrected chi connectivity index (χ1v) is 10.6. The van der Waals surface area contributed by atoms with Crippen LogP contribution in [0.15, 0.2) is 42.5 Å². The highest BCUT2D eigenvalue weighted by Gasteiger charge is 2.31. The van der Waals surface area contributed by atoms with Gasteiger partial charge in [0.1, 0.15) is 11.9 Å². The van der Waals surface area contributed by atoms with Gasteiger partial charge in [-0.3, -0.25) is 9.59 Å². The molecule has 0 aliphatic carbocycles. The zero-order chi connectivity index (χ0) is 22.5. The fourth-order valence-electron chi connectivity index (χ4n) is 3.10. The lowest BCUT2D eigenvalue weighted by Crippen LogP contribution is -2.53. The van der Waals surface area contributed by atoms with Crippen molar-refractivity contribution in [1.29, 1.82) is 0 Å². The molecule has 162 valence electrons. The first-order valence-electron chi connectivity index (χ1n) is 9.80. The molecule has 1 N–H and O–H groups in total.